The van der Waals surface area contributed by atoms with Gasteiger partial charge in [-0.15, -0.1) is 0 Å². The molecule has 0 fully saturated rings. The lowest BCUT2D eigenvalue weighted by atomic mass is 10.0. The Morgan fingerprint density at radius 2 is 1.66 bits per heavy atom. The molecule has 3 aromatic rings. The van der Waals surface area contributed by atoms with Crippen molar-refractivity contribution < 1.29 is 17.6 Å². The Kier molecular flexibility index (Phi) is 6.36. The van der Waals surface area contributed by atoms with Gasteiger partial charge in [-0.1, -0.05) is 60.2 Å². The molecule has 3 rings (SSSR count). The van der Waals surface area contributed by atoms with E-state index < -0.39 is 15.8 Å². The number of aryl methyl sites for hydroxylation is 1. The topological polar surface area (TPSA) is 63.2 Å². The van der Waals surface area contributed by atoms with Crippen molar-refractivity contribution in [2.24, 2.45) is 0 Å². The summed E-state index contributed by atoms with van der Waals surface area (Å²) in [5.74, 6) is -0.771. The number of ketones is 1. The van der Waals surface area contributed by atoms with Gasteiger partial charge < -0.3 is 0 Å². The molecule has 0 saturated heterocycles. The summed E-state index contributed by atoms with van der Waals surface area (Å²) in [5.41, 5.74) is 2.04. The molecule has 0 radical (unpaired) electrons. The smallest absolute Gasteiger partial charge is 0.240 e. The van der Waals surface area contributed by atoms with E-state index in [1.807, 2.05) is 6.92 Å². The SMILES string of the molecule is Cc1ccc(S(=O)(=O)NCC(=Cc2cccc(F)c2)C(=O)c2ccccc2)cc1. The molecule has 29 heavy (non-hydrogen) atoms. The Hall–Kier alpha value is -3.09. The molecule has 0 aliphatic heterocycles. The third kappa shape index (κ3) is 5.47. The highest BCUT2D eigenvalue weighted by molar-refractivity contribution is 7.89. The number of halogens is 1. The van der Waals surface area contributed by atoms with Gasteiger partial charge in [0.1, 0.15) is 5.82 Å². The highest BCUT2D eigenvalue weighted by Crippen LogP contribution is 2.16. The number of nitrogens with one attached hydrogen (secondary N) is 1. The number of sulfonamides is 1. The second-order valence-electron chi connectivity index (χ2n) is 6.56. The number of rotatable bonds is 7. The van der Waals surface area contributed by atoms with E-state index in [0.29, 0.717) is 11.1 Å². The van der Waals surface area contributed by atoms with Crippen LogP contribution in [0.2, 0.25) is 0 Å². The lowest BCUT2D eigenvalue weighted by Gasteiger charge is -2.11. The summed E-state index contributed by atoms with van der Waals surface area (Å²) in [4.78, 5) is 13.0. The van der Waals surface area contributed by atoms with Gasteiger partial charge in [0, 0.05) is 17.7 Å². The second kappa shape index (κ2) is 8.94. The molecule has 0 unspecified atom stereocenters. The highest BCUT2D eigenvalue weighted by Gasteiger charge is 2.18. The Morgan fingerprint density at radius 3 is 2.31 bits per heavy atom. The van der Waals surface area contributed by atoms with Gasteiger partial charge in [-0.2, -0.15) is 0 Å². The summed E-state index contributed by atoms with van der Waals surface area (Å²) < 4.78 is 41.2. The van der Waals surface area contributed by atoms with Crippen molar-refractivity contribution in [2.75, 3.05) is 6.54 Å². The minimum absolute atomic E-state index is 0.111. The first-order valence-electron chi connectivity index (χ1n) is 8.97. The molecule has 0 aliphatic carbocycles. The maximum absolute atomic E-state index is 13.5. The number of hydrogen-bond donors (Lipinski definition) is 1. The van der Waals surface area contributed by atoms with Crippen LogP contribution in [0.3, 0.4) is 0 Å². The summed E-state index contributed by atoms with van der Waals surface area (Å²) >= 11 is 0. The van der Waals surface area contributed by atoms with E-state index in [-0.39, 0.29) is 22.8 Å². The van der Waals surface area contributed by atoms with Gasteiger partial charge in [0.15, 0.2) is 5.78 Å². The zero-order chi connectivity index (χ0) is 20.9. The molecule has 0 spiro atoms. The zero-order valence-electron chi connectivity index (χ0n) is 15.8. The molecule has 0 atom stereocenters. The first-order chi connectivity index (χ1) is 13.8. The van der Waals surface area contributed by atoms with E-state index in [0.717, 1.165) is 5.56 Å². The van der Waals surface area contributed by atoms with Crippen molar-refractivity contribution in [2.45, 2.75) is 11.8 Å². The summed E-state index contributed by atoms with van der Waals surface area (Å²) in [7, 11) is -3.81. The molecule has 0 saturated carbocycles. The Labute approximate surface area is 169 Å². The molecule has 1 N–H and O–H groups in total. The minimum Gasteiger partial charge on any atom is -0.289 e. The van der Waals surface area contributed by atoms with Gasteiger partial charge in [0.2, 0.25) is 10.0 Å². The fraction of sp³-hybridized carbons (Fsp3) is 0.0870. The van der Waals surface area contributed by atoms with E-state index in [1.165, 1.54) is 36.4 Å². The van der Waals surface area contributed by atoms with Gasteiger partial charge in [-0.25, -0.2) is 17.5 Å². The van der Waals surface area contributed by atoms with Crippen molar-refractivity contribution >= 4 is 21.9 Å². The zero-order valence-corrected chi connectivity index (χ0v) is 16.6. The van der Waals surface area contributed by atoms with Crippen LogP contribution in [-0.2, 0) is 10.0 Å². The number of Topliss-reactive ketones (excluding diaryl/α,β-unsaturated/α-hetero) is 1. The maximum Gasteiger partial charge on any atom is 0.240 e. The predicted octanol–water partition coefficient (Wildman–Crippen LogP) is 4.38. The normalized spacial score (nSPS) is 12.0. The fourth-order valence-corrected chi connectivity index (χ4v) is 3.75. The Balaban J connectivity index is 1.91. The molecule has 0 aromatic heterocycles. The Morgan fingerprint density at radius 1 is 0.966 bits per heavy atom. The predicted molar refractivity (Wildman–Crippen MR) is 112 cm³/mol. The monoisotopic (exact) mass is 409 g/mol. The van der Waals surface area contributed by atoms with E-state index in [1.54, 1.807) is 48.5 Å². The standard InChI is InChI=1S/C23H20FNO3S/c1-17-10-12-22(13-11-17)29(27,28)25-16-20(14-18-6-5-9-21(24)15-18)23(26)19-7-3-2-4-8-19/h2-15,25H,16H2,1H3. The molecule has 0 amide bonds. The number of benzene rings is 3. The van der Waals surface area contributed by atoms with Crippen LogP contribution in [0, 0.1) is 12.7 Å². The van der Waals surface area contributed by atoms with Crippen LogP contribution in [0.15, 0.2) is 89.3 Å². The summed E-state index contributed by atoms with van der Waals surface area (Å²) in [6.45, 7) is 1.64. The molecule has 3 aromatic carbocycles. The van der Waals surface area contributed by atoms with Gasteiger partial charge in [-0.05, 0) is 42.8 Å². The summed E-state index contributed by atoms with van der Waals surface area (Å²) in [6.07, 6.45) is 1.50. The van der Waals surface area contributed by atoms with E-state index >= 15 is 0 Å². The van der Waals surface area contributed by atoms with Crippen LogP contribution in [0.25, 0.3) is 6.08 Å². The lowest BCUT2D eigenvalue weighted by Crippen LogP contribution is -2.28. The lowest BCUT2D eigenvalue weighted by molar-refractivity contribution is 0.103. The molecule has 4 nitrogen and oxygen atoms in total. The number of hydrogen-bond acceptors (Lipinski definition) is 3. The van der Waals surface area contributed by atoms with Crippen LogP contribution in [0.1, 0.15) is 21.5 Å². The molecular weight excluding hydrogens is 389 g/mol. The number of carbonyl (C=O) groups is 1. The van der Waals surface area contributed by atoms with Crippen molar-refractivity contribution in [3.63, 3.8) is 0 Å². The molecular formula is C23H20FNO3S. The average Bonchev–Trinajstić information content (AvgIpc) is 2.71. The third-order valence-corrected chi connectivity index (χ3v) is 5.72. The third-order valence-electron chi connectivity index (χ3n) is 4.30. The van der Waals surface area contributed by atoms with Crippen molar-refractivity contribution in [1.29, 1.82) is 0 Å². The van der Waals surface area contributed by atoms with Crippen LogP contribution >= 0.6 is 0 Å². The quantitative estimate of drug-likeness (QED) is 0.465. The van der Waals surface area contributed by atoms with Gasteiger partial charge in [-0.3, -0.25) is 4.79 Å². The summed E-state index contributed by atoms with van der Waals surface area (Å²) in [5, 5.41) is 0. The number of carbonyl (C=O) groups excluding carboxylic acids is 1. The van der Waals surface area contributed by atoms with E-state index in [4.69, 9.17) is 0 Å². The van der Waals surface area contributed by atoms with Gasteiger partial charge in [0.25, 0.3) is 0 Å². The van der Waals surface area contributed by atoms with E-state index in [9.17, 15) is 17.6 Å². The maximum atomic E-state index is 13.5. The van der Waals surface area contributed by atoms with Crippen molar-refractivity contribution in [3.8, 4) is 0 Å². The van der Waals surface area contributed by atoms with E-state index in [2.05, 4.69) is 4.72 Å². The molecule has 0 aliphatic rings. The van der Waals surface area contributed by atoms with Crippen LogP contribution < -0.4 is 4.72 Å². The second-order valence-corrected chi connectivity index (χ2v) is 8.32. The minimum atomic E-state index is -3.81. The van der Waals surface area contributed by atoms with Crippen molar-refractivity contribution in [3.05, 3.63) is 107 Å². The van der Waals surface area contributed by atoms with Crippen molar-refractivity contribution in [1.82, 2.24) is 4.72 Å². The largest absolute Gasteiger partial charge is 0.289 e. The Bertz CT molecular complexity index is 1140. The van der Waals surface area contributed by atoms with Crippen LogP contribution in [0.5, 0.6) is 0 Å². The average molecular weight is 409 g/mol. The molecule has 148 valence electrons. The van der Waals surface area contributed by atoms with Crippen LogP contribution in [0.4, 0.5) is 4.39 Å². The first-order valence-corrected chi connectivity index (χ1v) is 10.5. The van der Waals surface area contributed by atoms with Gasteiger partial charge >= 0.3 is 0 Å². The van der Waals surface area contributed by atoms with Crippen LogP contribution in [-0.4, -0.2) is 20.7 Å². The highest BCUT2D eigenvalue weighted by atomic mass is 32.2. The first kappa shape index (κ1) is 20.6. The van der Waals surface area contributed by atoms with Gasteiger partial charge in [0.05, 0.1) is 4.90 Å². The molecule has 0 bridgehead atoms. The fourth-order valence-electron chi connectivity index (χ4n) is 2.74. The molecule has 6 heteroatoms. The molecule has 0 heterocycles. The summed E-state index contributed by atoms with van der Waals surface area (Å²) in [6, 6.07) is 20.7.